The monoisotopic (exact) mass is 362 g/mol. The summed E-state index contributed by atoms with van der Waals surface area (Å²) in [6.07, 6.45) is 0. The van der Waals surface area contributed by atoms with Crippen molar-refractivity contribution in [1.82, 2.24) is 4.90 Å². The first-order chi connectivity index (χ1) is 10.9. The minimum Gasteiger partial charge on any atom is -0.313 e. The summed E-state index contributed by atoms with van der Waals surface area (Å²) in [4.78, 5) is 7.27. The first-order valence-electron chi connectivity index (χ1n) is 7.27. The Labute approximate surface area is 151 Å². The van der Waals surface area contributed by atoms with Crippen LogP contribution in [0.1, 0.15) is 23.2 Å². The van der Waals surface area contributed by atoms with Crippen LogP contribution >= 0.6 is 35.8 Å². The molecule has 2 nitrogen and oxygen atoms in total. The van der Waals surface area contributed by atoms with Gasteiger partial charge in [-0.1, -0.05) is 72.4 Å². The summed E-state index contributed by atoms with van der Waals surface area (Å²) in [6, 6.07) is 21.4. The standard InChI is InChI=1S/C18H15ClN2S.ClH/c19-11-15-12-22-18-20-16(13-7-3-1-4-8-13)17(21(15)18)14-9-5-2-6-10-14;/h1-10,12,16-17H,11H2;1H/t16-,17-;/m0./s1. The molecule has 0 N–H and O–H groups in total. The number of rotatable bonds is 3. The molecule has 2 aromatic rings. The van der Waals surface area contributed by atoms with Gasteiger partial charge >= 0.3 is 0 Å². The largest absolute Gasteiger partial charge is 0.313 e. The molecule has 0 aromatic heterocycles. The Hall–Kier alpha value is -1.42. The molecule has 0 saturated heterocycles. The van der Waals surface area contributed by atoms with Crippen molar-refractivity contribution in [3.05, 3.63) is 82.9 Å². The third kappa shape index (κ3) is 2.89. The molecule has 2 aliphatic rings. The van der Waals surface area contributed by atoms with Crippen LogP contribution in [0.25, 0.3) is 0 Å². The van der Waals surface area contributed by atoms with Crippen molar-refractivity contribution < 1.29 is 0 Å². The quantitative estimate of drug-likeness (QED) is 0.680. The van der Waals surface area contributed by atoms with Crippen molar-refractivity contribution in [2.75, 3.05) is 5.88 Å². The smallest absolute Gasteiger partial charge is 0.169 e. The fraction of sp³-hybridized carbons (Fsp3) is 0.167. The second kappa shape index (κ2) is 7.00. The van der Waals surface area contributed by atoms with Crippen molar-refractivity contribution in [3.8, 4) is 0 Å². The van der Waals surface area contributed by atoms with E-state index in [0.29, 0.717) is 5.88 Å². The summed E-state index contributed by atoms with van der Waals surface area (Å²) in [6.45, 7) is 0. The Kier molecular flexibility index (Phi) is 5.00. The SMILES string of the molecule is Cl.ClCC1=CSC2=N[C@@H](c3ccccc3)[C@H](c3ccccc3)N12. The van der Waals surface area contributed by atoms with E-state index in [1.165, 1.54) is 11.1 Å². The molecule has 0 unspecified atom stereocenters. The second-order valence-electron chi connectivity index (χ2n) is 5.35. The van der Waals surface area contributed by atoms with Gasteiger partial charge in [-0.2, -0.15) is 0 Å². The lowest BCUT2D eigenvalue weighted by Gasteiger charge is -2.29. The molecule has 0 spiro atoms. The van der Waals surface area contributed by atoms with E-state index in [1.807, 2.05) is 6.07 Å². The van der Waals surface area contributed by atoms with E-state index in [2.05, 4.69) is 64.9 Å². The summed E-state index contributed by atoms with van der Waals surface area (Å²) < 4.78 is 0. The molecule has 0 saturated carbocycles. The number of halogens is 2. The van der Waals surface area contributed by atoms with Gasteiger partial charge in [0.15, 0.2) is 5.17 Å². The highest BCUT2D eigenvalue weighted by Crippen LogP contribution is 2.49. The van der Waals surface area contributed by atoms with Gasteiger partial charge in [-0.05, 0) is 16.5 Å². The molecule has 0 aliphatic carbocycles. The molecule has 0 bridgehead atoms. The molecule has 118 valence electrons. The van der Waals surface area contributed by atoms with Gasteiger partial charge in [-0.25, -0.2) is 0 Å². The molecule has 2 aliphatic heterocycles. The second-order valence-corrected chi connectivity index (χ2v) is 6.46. The molecule has 0 radical (unpaired) electrons. The van der Waals surface area contributed by atoms with Crippen LogP contribution in [0, 0.1) is 0 Å². The van der Waals surface area contributed by atoms with Crippen LogP contribution in [0.3, 0.4) is 0 Å². The number of benzene rings is 2. The van der Waals surface area contributed by atoms with Gasteiger partial charge in [0.25, 0.3) is 0 Å². The molecule has 5 heteroatoms. The van der Waals surface area contributed by atoms with Gasteiger partial charge < -0.3 is 4.90 Å². The summed E-state index contributed by atoms with van der Waals surface area (Å²) >= 11 is 7.81. The lowest BCUT2D eigenvalue weighted by Crippen LogP contribution is -2.27. The molecule has 2 heterocycles. The number of hydrogen-bond acceptors (Lipinski definition) is 3. The van der Waals surface area contributed by atoms with Crippen LogP contribution in [0.4, 0.5) is 0 Å². The van der Waals surface area contributed by atoms with Crippen LogP contribution in [-0.4, -0.2) is 15.9 Å². The Morgan fingerprint density at radius 2 is 1.57 bits per heavy atom. The molecule has 4 rings (SSSR count). The fourth-order valence-corrected chi connectivity index (χ4v) is 4.32. The van der Waals surface area contributed by atoms with Gasteiger partial charge in [-0.15, -0.1) is 24.0 Å². The third-order valence-electron chi connectivity index (χ3n) is 4.06. The highest BCUT2D eigenvalue weighted by Gasteiger charge is 2.42. The van der Waals surface area contributed by atoms with Crippen molar-refractivity contribution >= 4 is 40.9 Å². The normalized spacial score (nSPS) is 22.2. The van der Waals surface area contributed by atoms with Gasteiger partial charge in [-0.3, -0.25) is 4.99 Å². The molecule has 2 aromatic carbocycles. The van der Waals surface area contributed by atoms with Gasteiger partial charge in [0, 0.05) is 5.70 Å². The predicted molar refractivity (Wildman–Crippen MR) is 101 cm³/mol. The van der Waals surface area contributed by atoms with E-state index < -0.39 is 0 Å². The number of fused-ring (bicyclic) bond motifs is 1. The Morgan fingerprint density at radius 1 is 0.957 bits per heavy atom. The Morgan fingerprint density at radius 3 is 2.17 bits per heavy atom. The molecule has 0 amide bonds. The minimum absolute atomic E-state index is 0. The number of aliphatic imine (C=N–C) groups is 1. The van der Waals surface area contributed by atoms with Gasteiger partial charge in [0.05, 0.1) is 11.9 Å². The van der Waals surface area contributed by atoms with E-state index in [4.69, 9.17) is 16.6 Å². The average Bonchev–Trinajstić information content (AvgIpc) is 3.15. The van der Waals surface area contributed by atoms with Crippen LogP contribution in [0.2, 0.25) is 0 Å². The fourth-order valence-electron chi connectivity index (χ4n) is 3.06. The first-order valence-corrected chi connectivity index (χ1v) is 8.68. The number of hydrogen-bond donors (Lipinski definition) is 0. The van der Waals surface area contributed by atoms with E-state index in [0.717, 1.165) is 10.9 Å². The maximum absolute atomic E-state index is 6.14. The minimum atomic E-state index is 0. The van der Waals surface area contributed by atoms with Crippen molar-refractivity contribution in [2.45, 2.75) is 12.1 Å². The molecule has 2 atom stereocenters. The van der Waals surface area contributed by atoms with Gasteiger partial charge in [0.2, 0.25) is 0 Å². The number of allylic oxidation sites excluding steroid dienone is 1. The van der Waals surface area contributed by atoms with Crippen molar-refractivity contribution in [2.24, 2.45) is 4.99 Å². The number of thioether (sulfide) groups is 1. The van der Waals surface area contributed by atoms with Gasteiger partial charge in [0.1, 0.15) is 6.04 Å². The molecular formula is C18H16Cl2N2S. The highest BCUT2D eigenvalue weighted by molar-refractivity contribution is 8.16. The van der Waals surface area contributed by atoms with Crippen LogP contribution in [0.5, 0.6) is 0 Å². The molecule has 23 heavy (non-hydrogen) atoms. The average molecular weight is 363 g/mol. The summed E-state index contributed by atoms with van der Waals surface area (Å²) in [7, 11) is 0. The van der Waals surface area contributed by atoms with Crippen molar-refractivity contribution in [1.29, 1.82) is 0 Å². The van der Waals surface area contributed by atoms with Crippen molar-refractivity contribution in [3.63, 3.8) is 0 Å². The van der Waals surface area contributed by atoms with E-state index >= 15 is 0 Å². The topological polar surface area (TPSA) is 15.6 Å². The Bertz CT molecular complexity index is 731. The number of nitrogens with zero attached hydrogens (tertiary/aromatic N) is 2. The van der Waals surface area contributed by atoms with Crippen LogP contribution < -0.4 is 0 Å². The summed E-state index contributed by atoms with van der Waals surface area (Å²) in [5.41, 5.74) is 3.65. The zero-order valence-corrected chi connectivity index (χ0v) is 14.7. The predicted octanol–water partition coefficient (Wildman–Crippen LogP) is 5.39. The van der Waals surface area contributed by atoms with Crippen LogP contribution in [0.15, 0.2) is 76.8 Å². The number of amidine groups is 1. The van der Waals surface area contributed by atoms with E-state index in [1.54, 1.807) is 11.8 Å². The zero-order valence-electron chi connectivity index (χ0n) is 12.3. The lowest BCUT2D eigenvalue weighted by atomic mass is 9.93. The highest BCUT2D eigenvalue weighted by atomic mass is 35.5. The third-order valence-corrected chi connectivity index (χ3v) is 5.24. The lowest BCUT2D eigenvalue weighted by molar-refractivity contribution is 0.378. The Balaban J connectivity index is 0.00000156. The summed E-state index contributed by atoms with van der Waals surface area (Å²) in [5, 5.41) is 3.17. The first kappa shape index (κ1) is 16.4. The summed E-state index contributed by atoms with van der Waals surface area (Å²) in [5.74, 6) is 0.511. The number of alkyl halides is 1. The van der Waals surface area contributed by atoms with Crippen LogP contribution in [-0.2, 0) is 0 Å². The van der Waals surface area contributed by atoms with E-state index in [9.17, 15) is 0 Å². The van der Waals surface area contributed by atoms with E-state index in [-0.39, 0.29) is 24.5 Å². The maximum Gasteiger partial charge on any atom is 0.169 e. The maximum atomic E-state index is 6.14. The zero-order chi connectivity index (χ0) is 14.9. The molecular weight excluding hydrogens is 347 g/mol. The molecule has 0 fully saturated rings.